The first-order valence-electron chi connectivity index (χ1n) is 11.4. The molecule has 0 unspecified atom stereocenters. The van der Waals surface area contributed by atoms with E-state index in [4.69, 9.17) is 0 Å². The first kappa shape index (κ1) is 23.1. The van der Waals surface area contributed by atoms with Crippen molar-refractivity contribution in [2.24, 2.45) is 0 Å². The SMILES string of the molecule is O=C(NCc1ccnc(N2CCCCC2)c1)NC1CCN(c2ccc(C(F)(F)F)cn2)CC1. The van der Waals surface area contributed by atoms with Gasteiger partial charge in [0.05, 0.1) is 5.56 Å². The lowest BCUT2D eigenvalue weighted by molar-refractivity contribution is -0.137. The van der Waals surface area contributed by atoms with Crippen LogP contribution in [0, 0.1) is 0 Å². The number of hydrogen-bond donors (Lipinski definition) is 2. The summed E-state index contributed by atoms with van der Waals surface area (Å²) in [6, 6.07) is 6.17. The Morgan fingerprint density at radius 1 is 0.970 bits per heavy atom. The fraction of sp³-hybridized carbons (Fsp3) is 0.522. The maximum atomic E-state index is 12.7. The Kier molecular flexibility index (Phi) is 7.20. The number of nitrogens with one attached hydrogen (secondary N) is 2. The number of urea groups is 1. The largest absolute Gasteiger partial charge is 0.417 e. The van der Waals surface area contributed by atoms with Crippen LogP contribution in [0.25, 0.3) is 0 Å². The maximum Gasteiger partial charge on any atom is 0.417 e. The summed E-state index contributed by atoms with van der Waals surface area (Å²) in [5.74, 6) is 1.48. The van der Waals surface area contributed by atoms with Crippen molar-refractivity contribution in [2.45, 2.75) is 50.9 Å². The Bertz CT molecular complexity index is 923. The van der Waals surface area contributed by atoms with Crippen LogP contribution >= 0.6 is 0 Å². The molecule has 2 aliphatic rings. The van der Waals surface area contributed by atoms with Crippen molar-refractivity contribution < 1.29 is 18.0 Å². The zero-order chi connectivity index (χ0) is 23.3. The predicted octanol–water partition coefficient (Wildman–Crippen LogP) is 3.95. The van der Waals surface area contributed by atoms with E-state index in [1.54, 1.807) is 6.20 Å². The van der Waals surface area contributed by atoms with Crippen LogP contribution in [-0.2, 0) is 12.7 Å². The van der Waals surface area contributed by atoms with Crippen molar-refractivity contribution in [3.05, 3.63) is 47.8 Å². The lowest BCUT2D eigenvalue weighted by Crippen LogP contribution is -2.48. The first-order valence-corrected chi connectivity index (χ1v) is 11.4. The fourth-order valence-corrected chi connectivity index (χ4v) is 4.28. The van der Waals surface area contributed by atoms with E-state index in [9.17, 15) is 18.0 Å². The van der Waals surface area contributed by atoms with Crippen molar-refractivity contribution in [2.75, 3.05) is 36.0 Å². The number of alkyl halides is 3. The molecule has 33 heavy (non-hydrogen) atoms. The molecule has 0 spiro atoms. The van der Waals surface area contributed by atoms with E-state index in [1.165, 1.54) is 25.3 Å². The Morgan fingerprint density at radius 3 is 2.36 bits per heavy atom. The average Bonchev–Trinajstić information content (AvgIpc) is 2.84. The van der Waals surface area contributed by atoms with Crippen molar-refractivity contribution in [3.63, 3.8) is 0 Å². The zero-order valence-electron chi connectivity index (χ0n) is 18.4. The number of piperidine rings is 2. The molecule has 2 aliphatic heterocycles. The molecule has 0 radical (unpaired) electrons. The molecule has 2 saturated heterocycles. The van der Waals surface area contributed by atoms with E-state index in [-0.39, 0.29) is 12.1 Å². The van der Waals surface area contributed by atoms with Gasteiger partial charge in [-0.15, -0.1) is 0 Å². The number of aromatic nitrogens is 2. The van der Waals surface area contributed by atoms with E-state index < -0.39 is 11.7 Å². The van der Waals surface area contributed by atoms with Crippen LogP contribution in [0.5, 0.6) is 0 Å². The Hall–Kier alpha value is -3.04. The lowest BCUT2D eigenvalue weighted by atomic mass is 10.1. The summed E-state index contributed by atoms with van der Waals surface area (Å²) in [6.45, 7) is 3.69. The highest BCUT2D eigenvalue weighted by atomic mass is 19.4. The van der Waals surface area contributed by atoms with Crippen molar-refractivity contribution in [1.82, 2.24) is 20.6 Å². The molecular weight excluding hydrogens is 433 g/mol. The van der Waals surface area contributed by atoms with Gasteiger partial charge in [0.25, 0.3) is 0 Å². The Morgan fingerprint density at radius 2 is 1.70 bits per heavy atom. The number of carbonyl (C=O) groups is 1. The molecule has 2 aromatic rings. The van der Waals surface area contributed by atoms with Crippen LogP contribution < -0.4 is 20.4 Å². The summed E-state index contributed by atoms with van der Waals surface area (Å²) in [4.78, 5) is 25.0. The van der Waals surface area contributed by atoms with Gasteiger partial charge >= 0.3 is 12.2 Å². The third-order valence-electron chi connectivity index (χ3n) is 6.17. The van der Waals surface area contributed by atoms with E-state index in [0.29, 0.717) is 38.3 Å². The van der Waals surface area contributed by atoms with Gasteiger partial charge in [0.2, 0.25) is 0 Å². The monoisotopic (exact) mass is 462 g/mol. The lowest BCUT2D eigenvalue weighted by Gasteiger charge is -2.33. The Balaban J connectivity index is 1.21. The van der Waals surface area contributed by atoms with Gasteiger partial charge in [-0.2, -0.15) is 13.2 Å². The van der Waals surface area contributed by atoms with Gasteiger partial charge in [-0.1, -0.05) is 0 Å². The molecule has 0 aromatic carbocycles. The highest BCUT2D eigenvalue weighted by molar-refractivity contribution is 5.74. The standard InChI is InChI=1S/C23H29F3N6O/c24-23(25,26)18-4-5-20(28-16-18)32-12-7-19(8-13-32)30-22(33)29-15-17-6-9-27-21(14-17)31-10-2-1-3-11-31/h4-6,9,14,16,19H,1-3,7-8,10-13,15H2,(H2,29,30,33). The number of amides is 2. The molecule has 10 heteroatoms. The van der Waals surface area contributed by atoms with Gasteiger partial charge < -0.3 is 20.4 Å². The molecule has 178 valence electrons. The third kappa shape index (κ3) is 6.27. The second kappa shape index (κ2) is 10.3. The molecule has 0 atom stereocenters. The van der Waals surface area contributed by atoms with Gasteiger partial charge in [0.1, 0.15) is 11.6 Å². The molecule has 2 amide bonds. The van der Waals surface area contributed by atoms with Crippen molar-refractivity contribution >= 4 is 17.7 Å². The number of halogens is 3. The fourth-order valence-electron chi connectivity index (χ4n) is 4.28. The second-order valence-corrected chi connectivity index (χ2v) is 8.56. The van der Waals surface area contributed by atoms with Crippen molar-refractivity contribution in [1.29, 1.82) is 0 Å². The van der Waals surface area contributed by atoms with E-state index in [2.05, 4.69) is 25.5 Å². The minimum Gasteiger partial charge on any atom is -0.357 e. The molecule has 0 aliphatic carbocycles. The van der Waals surface area contributed by atoms with Gasteiger partial charge in [-0.05, 0) is 61.9 Å². The minimum atomic E-state index is -4.39. The van der Waals surface area contributed by atoms with Gasteiger partial charge in [0.15, 0.2) is 0 Å². The van der Waals surface area contributed by atoms with Crippen LogP contribution in [0.1, 0.15) is 43.2 Å². The number of anilines is 2. The van der Waals surface area contributed by atoms with Gasteiger partial charge in [0, 0.05) is 51.2 Å². The molecular formula is C23H29F3N6O. The van der Waals surface area contributed by atoms with Crippen LogP contribution in [0.4, 0.5) is 29.6 Å². The molecule has 4 rings (SSSR count). The number of carbonyl (C=O) groups excluding carboxylic acids is 1. The first-order chi connectivity index (χ1) is 15.9. The average molecular weight is 463 g/mol. The molecule has 4 heterocycles. The van der Waals surface area contributed by atoms with E-state index in [0.717, 1.165) is 36.7 Å². The van der Waals surface area contributed by atoms with Crippen LogP contribution in [0.15, 0.2) is 36.7 Å². The summed E-state index contributed by atoms with van der Waals surface area (Å²) in [7, 11) is 0. The van der Waals surface area contributed by atoms with Gasteiger partial charge in [-0.3, -0.25) is 0 Å². The number of nitrogens with zero attached hydrogens (tertiary/aromatic N) is 4. The smallest absolute Gasteiger partial charge is 0.357 e. The van der Waals surface area contributed by atoms with Crippen LogP contribution in [-0.4, -0.2) is 48.2 Å². The second-order valence-electron chi connectivity index (χ2n) is 8.56. The summed E-state index contributed by atoms with van der Waals surface area (Å²) in [5, 5.41) is 5.91. The van der Waals surface area contributed by atoms with E-state index in [1.807, 2.05) is 17.0 Å². The number of pyridine rings is 2. The highest BCUT2D eigenvalue weighted by Gasteiger charge is 2.31. The summed E-state index contributed by atoms with van der Waals surface area (Å²) in [5.41, 5.74) is 0.251. The molecule has 2 fully saturated rings. The quantitative estimate of drug-likeness (QED) is 0.704. The summed E-state index contributed by atoms with van der Waals surface area (Å²) >= 11 is 0. The number of rotatable bonds is 5. The maximum absolute atomic E-state index is 12.7. The zero-order valence-corrected chi connectivity index (χ0v) is 18.4. The summed E-state index contributed by atoms with van der Waals surface area (Å²) < 4.78 is 38.1. The predicted molar refractivity (Wildman–Crippen MR) is 120 cm³/mol. The topological polar surface area (TPSA) is 73.4 Å². The minimum absolute atomic E-state index is 0.0112. The summed E-state index contributed by atoms with van der Waals surface area (Å²) in [6.07, 6.45) is 3.28. The Labute approximate surface area is 191 Å². The van der Waals surface area contributed by atoms with Gasteiger partial charge in [-0.25, -0.2) is 14.8 Å². The van der Waals surface area contributed by atoms with Crippen LogP contribution in [0.3, 0.4) is 0 Å². The molecule has 0 bridgehead atoms. The highest BCUT2D eigenvalue weighted by Crippen LogP contribution is 2.29. The van der Waals surface area contributed by atoms with Crippen molar-refractivity contribution in [3.8, 4) is 0 Å². The molecule has 2 N–H and O–H groups in total. The molecule has 0 saturated carbocycles. The molecule has 7 nitrogen and oxygen atoms in total. The molecule has 2 aromatic heterocycles. The number of hydrogen-bond acceptors (Lipinski definition) is 5. The van der Waals surface area contributed by atoms with Crippen LogP contribution in [0.2, 0.25) is 0 Å². The third-order valence-corrected chi connectivity index (χ3v) is 6.17. The normalized spacial score (nSPS) is 17.7. The van der Waals surface area contributed by atoms with E-state index >= 15 is 0 Å².